The standard InChI is InChI=1S/C12H14N2O3/c15-8-9(16)7-14-11-4-2-1-3-10(11)12-13-5-6-17-12/h1-6,9,14-16H,7-8H2. The molecule has 1 aromatic carbocycles. The molecule has 2 rings (SSSR count). The number of rotatable bonds is 5. The van der Waals surface area contributed by atoms with Gasteiger partial charge in [-0.1, -0.05) is 12.1 Å². The molecule has 1 unspecified atom stereocenters. The van der Waals surface area contributed by atoms with Gasteiger partial charge in [0.1, 0.15) is 6.26 Å². The maximum Gasteiger partial charge on any atom is 0.227 e. The minimum Gasteiger partial charge on any atom is -0.444 e. The van der Waals surface area contributed by atoms with Crippen LogP contribution in [0.3, 0.4) is 0 Å². The summed E-state index contributed by atoms with van der Waals surface area (Å²) in [6.45, 7) is 0.00237. The molecule has 0 saturated carbocycles. The number of nitrogens with one attached hydrogen (secondary N) is 1. The van der Waals surface area contributed by atoms with Gasteiger partial charge in [0.05, 0.1) is 24.5 Å². The van der Waals surface area contributed by atoms with Crippen molar-refractivity contribution < 1.29 is 14.6 Å². The molecule has 1 aromatic heterocycles. The first-order valence-corrected chi connectivity index (χ1v) is 5.33. The highest BCUT2D eigenvalue weighted by Crippen LogP contribution is 2.25. The Hall–Kier alpha value is -1.85. The zero-order chi connectivity index (χ0) is 12.1. The van der Waals surface area contributed by atoms with Crippen LogP contribution in [0.2, 0.25) is 0 Å². The Labute approximate surface area is 98.7 Å². The zero-order valence-electron chi connectivity index (χ0n) is 9.21. The van der Waals surface area contributed by atoms with Crippen LogP contribution < -0.4 is 5.32 Å². The van der Waals surface area contributed by atoms with Gasteiger partial charge in [0.15, 0.2) is 0 Å². The van der Waals surface area contributed by atoms with E-state index in [4.69, 9.17) is 9.52 Å². The molecule has 2 aromatic rings. The summed E-state index contributed by atoms with van der Waals surface area (Å²) in [4.78, 5) is 4.08. The third kappa shape index (κ3) is 2.83. The number of benzene rings is 1. The second kappa shape index (κ2) is 5.47. The largest absolute Gasteiger partial charge is 0.444 e. The predicted octanol–water partition coefficient (Wildman–Crippen LogP) is 1.11. The van der Waals surface area contributed by atoms with Crippen molar-refractivity contribution in [3.8, 4) is 11.5 Å². The molecule has 1 atom stereocenters. The second-order valence-corrected chi connectivity index (χ2v) is 3.60. The summed E-state index contributed by atoms with van der Waals surface area (Å²) < 4.78 is 5.23. The van der Waals surface area contributed by atoms with Gasteiger partial charge < -0.3 is 19.9 Å². The Morgan fingerprint density at radius 1 is 1.35 bits per heavy atom. The third-order valence-electron chi connectivity index (χ3n) is 2.33. The third-order valence-corrected chi connectivity index (χ3v) is 2.33. The van der Waals surface area contributed by atoms with Gasteiger partial charge in [-0.25, -0.2) is 4.98 Å². The lowest BCUT2D eigenvalue weighted by molar-refractivity contribution is 0.105. The molecule has 17 heavy (non-hydrogen) atoms. The molecule has 5 heteroatoms. The maximum absolute atomic E-state index is 9.29. The van der Waals surface area contributed by atoms with Crippen LogP contribution in [0, 0.1) is 0 Å². The van der Waals surface area contributed by atoms with Crippen molar-refractivity contribution in [3.63, 3.8) is 0 Å². The van der Waals surface area contributed by atoms with Crippen LogP contribution in [-0.2, 0) is 0 Å². The van der Waals surface area contributed by atoms with Crippen LogP contribution in [-0.4, -0.2) is 34.5 Å². The smallest absolute Gasteiger partial charge is 0.227 e. The lowest BCUT2D eigenvalue weighted by Crippen LogP contribution is -2.23. The molecule has 0 spiro atoms. The molecule has 0 aliphatic carbocycles. The van der Waals surface area contributed by atoms with Crippen molar-refractivity contribution in [2.45, 2.75) is 6.10 Å². The topological polar surface area (TPSA) is 78.5 Å². The lowest BCUT2D eigenvalue weighted by atomic mass is 10.1. The van der Waals surface area contributed by atoms with E-state index in [2.05, 4.69) is 10.3 Å². The van der Waals surface area contributed by atoms with Crippen molar-refractivity contribution in [1.29, 1.82) is 0 Å². The molecule has 0 saturated heterocycles. The highest BCUT2D eigenvalue weighted by molar-refractivity contribution is 5.72. The van der Waals surface area contributed by atoms with E-state index in [1.807, 2.05) is 24.3 Å². The first-order chi connectivity index (χ1) is 8.31. The molecule has 3 N–H and O–H groups in total. The molecule has 0 fully saturated rings. The number of oxazole rings is 1. The van der Waals surface area contributed by atoms with Crippen molar-refractivity contribution in [3.05, 3.63) is 36.7 Å². The molecular formula is C12H14N2O3. The summed E-state index contributed by atoms with van der Waals surface area (Å²) in [5.74, 6) is 0.520. The van der Waals surface area contributed by atoms with Crippen molar-refractivity contribution in [2.75, 3.05) is 18.5 Å². The van der Waals surface area contributed by atoms with Crippen molar-refractivity contribution in [1.82, 2.24) is 4.98 Å². The Morgan fingerprint density at radius 2 is 2.18 bits per heavy atom. The second-order valence-electron chi connectivity index (χ2n) is 3.60. The van der Waals surface area contributed by atoms with Crippen LogP contribution in [0.4, 0.5) is 5.69 Å². The number of hydrogen-bond donors (Lipinski definition) is 3. The van der Waals surface area contributed by atoms with Gasteiger partial charge in [-0.2, -0.15) is 0 Å². The zero-order valence-corrected chi connectivity index (χ0v) is 9.21. The SMILES string of the molecule is OCC(O)CNc1ccccc1-c1ncco1. The van der Waals surface area contributed by atoms with Crippen molar-refractivity contribution in [2.24, 2.45) is 0 Å². The van der Waals surface area contributed by atoms with Crippen LogP contribution >= 0.6 is 0 Å². The monoisotopic (exact) mass is 234 g/mol. The van der Waals surface area contributed by atoms with Gasteiger partial charge in [-0.05, 0) is 12.1 Å². The fraction of sp³-hybridized carbons (Fsp3) is 0.250. The van der Waals surface area contributed by atoms with Crippen LogP contribution in [0.5, 0.6) is 0 Å². The van der Waals surface area contributed by atoms with Crippen LogP contribution in [0.15, 0.2) is 41.1 Å². The van der Waals surface area contributed by atoms with Gasteiger partial charge in [0.2, 0.25) is 5.89 Å². The Morgan fingerprint density at radius 3 is 2.88 bits per heavy atom. The highest BCUT2D eigenvalue weighted by atomic mass is 16.3. The van der Waals surface area contributed by atoms with E-state index in [9.17, 15) is 5.11 Å². The van der Waals surface area contributed by atoms with E-state index >= 15 is 0 Å². The Bertz CT molecular complexity index is 457. The average Bonchev–Trinajstić information content (AvgIpc) is 2.90. The number of aliphatic hydroxyl groups excluding tert-OH is 2. The first kappa shape index (κ1) is 11.6. The molecule has 0 aliphatic heterocycles. The molecule has 1 heterocycles. The summed E-state index contributed by atoms with van der Waals surface area (Å²) in [6, 6.07) is 7.50. The first-order valence-electron chi connectivity index (χ1n) is 5.33. The Balaban J connectivity index is 2.17. The average molecular weight is 234 g/mol. The number of nitrogens with zero attached hydrogens (tertiary/aromatic N) is 1. The summed E-state index contributed by atoms with van der Waals surface area (Å²) >= 11 is 0. The fourth-order valence-electron chi connectivity index (χ4n) is 1.47. The number of para-hydroxylation sites is 1. The lowest BCUT2D eigenvalue weighted by Gasteiger charge is -2.12. The summed E-state index contributed by atoms with van der Waals surface area (Å²) in [5.41, 5.74) is 1.63. The van der Waals surface area contributed by atoms with E-state index in [0.29, 0.717) is 5.89 Å². The van der Waals surface area contributed by atoms with E-state index in [1.54, 1.807) is 6.20 Å². The van der Waals surface area contributed by atoms with E-state index in [1.165, 1.54) is 6.26 Å². The predicted molar refractivity (Wildman–Crippen MR) is 63.5 cm³/mol. The molecule has 0 bridgehead atoms. The molecule has 0 amide bonds. The summed E-state index contributed by atoms with van der Waals surface area (Å²) in [7, 11) is 0. The van der Waals surface area contributed by atoms with Gasteiger partial charge in [-0.3, -0.25) is 0 Å². The normalized spacial score (nSPS) is 12.4. The minimum atomic E-state index is -0.785. The van der Waals surface area contributed by atoms with E-state index in [0.717, 1.165) is 11.3 Å². The number of anilines is 1. The Kier molecular flexibility index (Phi) is 3.74. The quantitative estimate of drug-likeness (QED) is 0.722. The van der Waals surface area contributed by atoms with E-state index < -0.39 is 6.10 Å². The van der Waals surface area contributed by atoms with Gasteiger partial charge >= 0.3 is 0 Å². The molecule has 0 aliphatic rings. The molecule has 0 radical (unpaired) electrons. The minimum absolute atomic E-state index is 0.270. The van der Waals surface area contributed by atoms with Gasteiger partial charge in [-0.15, -0.1) is 0 Å². The van der Waals surface area contributed by atoms with Crippen LogP contribution in [0.1, 0.15) is 0 Å². The summed E-state index contributed by atoms with van der Waals surface area (Å²) in [6.07, 6.45) is 2.30. The van der Waals surface area contributed by atoms with Crippen LogP contribution in [0.25, 0.3) is 11.5 Å². The molecule has 5 nitrogen and oxygen atoms in total. The van der Waals surface area contributed by atoms with Gasteiger partial charge in [0, 0.05) is 12.2 Å². The number of aromatic nitrogens is 1. The molecular weight excluding hydrogens is 220 g/mol. The summed E-state index contributed by atoms with van der Waals surface area (Å²) in [5, 5.41) is 21.1. The number of aliphatic hydroxyl groups is 2. The van der Waals surface area contributed by atoms with Crippen molar-refractivity contribution >= 4 is 5.69 Å². The number of hydrogen-bond acceptors (Lipinski definition) is 5. The van der Waals surface area contributed by atoms with Gasteiger partial charge in [0.25, 0.3) is 0 Å². The fourth-order valence-corrected chi connectivity index (χ4v) is 1.47. The molecule has 90 valence electrons. The maximum atomic E-state index is 9.29. The highest BCUT2D eigenvalue weighted by Gasteiger charge is 2.09. The van der Waals surface area contributed by atoms with E-state index in [-0.39, 0.29) is 13.2 Å².